The maximum absolute atomic E-state index is 11.9. The molecule has 0 aromatic carbocycles. The second-order valence-electron chi connectivity index (χ2n) is 4.96. The van der Waals surface area contributed by atoms with Gasteiger partial charge in [-0.05, 0) is 24.2 Å². The first kappa shape index (κ1) is 8.74. The average molecular weight is 231 g/mol. The molecule has 68 valence electrons. The lowest BCUT2D eigenvalue weighted by Gasteiger charge is -2.32. The van der Waals surface area contributed by atoms with Crippen molar-refractivity contribution in [2.45, 2.75) is 38.4 Å². The molecule has 12 heavy (non-hydrogen) atoms. The normalized spacial score (nSPS) is 50.2. The Kier molecular flexibility index (Phi) is 1.56. The van der Waals surface area contributed by atoms with Gasteiger partial charge < -0.3 is 0 Å². The van der Waals surface area contributed by atoms with Gasteiger partial charge in [0.05, 0.1) is 4.83 Å². The molecule has 0 aromatic rings. The van der Waals surface area contributed by atoms with Gasteiger partial charge in [0.2, 0.25) is 0 Å². The molecule has 0 radical (unpaired) electrons. The number of carbonyl (C=O) groups is 1. The van der Waals surface area contributed by atoms with Crippen molar-refractivity contribution in [1.29, 1.82) is 0 Å². The van der Waals surface area contributed by atoms with Gasteiger partial charge in [0, 0.05) is 5.41 Å². The third-order valence-electron chi connectivity index (χ3n) is 4.45. The molecule has 0 aromatic heterocycles. The molecule has 0 heterocycles. The fourth-order valence-corrected chi connectivity index (χ4v) is 4.41. The number of ketones is 1. The van der Waals surface area contributed by atoms with E-state index >= 15 is 0 Å². The van der Waals surface area contributed by atoms with Crippen molar-refractivity contribution in [3.8, 4) is 0 Å². The number of alkyl halides is 1. The van der Waals surface area contributed by atoms with Gasteiger partial charge in [0.15, 0.2) is 5.78 Å². The van der Waals surface area contributed by atoms with Gasteiger partial charge in [-0.15, -0.1) is 0 Å². The van der Waals surface area contributed by atoms with E-state index in [4.69, 9.17) is 0 Å². The summed E-state index contributed by atoms with van der Waals surface area (Å²) in [7, 11) is 0. The number of carbonyl (C=O) groups excluding carboxylic acids is 1. The Hall–Kier alpha value is 0.150. The van der Waals surface area contributed by atoms with Crippen molar-refractivity contribution >= 4 is 21.7 Å². The minimum Gasteiger partial charge on any atom is -0.298 e. The topological polar surface area (TPSA) is 17.1 Å². The Bertz CT molecular complexity index is 246. The number of hydrogen-bond donors (Lipinski definition) is 0. The van der Waals surface area contributed by atoms with E-state index in [1.165, 1.54) is 6.42 Å². The van der Waals surface area contributed by atoms with Crippen LogP contribution in [0.25, 0.3) is 0 Å². The molecule has 2 aliphatic rings. The second kappa shape index (κ2) is 2.14. The van der Waals surface area contributed by atoms with Crippen molar-refractivity contribution in [3.63, 3.8) is 0 Å². The average Bonchev–Trinajstić information content (AvgIpc) is 2.26. The quantitative estimate of drug-likeness (QED) is 0.586. The smallest absolute Gasteiger partial charge is 0.153 e. The molecule has 0 amide bonds. The molecule has 0 N–H and O–H groups in total. The maximum atomic E-state index is 11.9. The first-order valence-electron chi connectivity index (χ1n) is 4.59. The monoisotopic (exact) mass is 230 g/mol. The second-order valence-corrected chi connectivity index (χ2v) is 5.95. The summed E-state index contributed by atoms with van der Waals surface area (Å²) >= 11 is 3.52. The standard InChI is InChI=1S/C10H15BrO/c1-9(2)6-4-5-10(9,3)8(12)7(6)11/h6-7H,4-5H2,1-3H3/t6?,7?,10-/m1/s1. The molecule has 2 saturated carbocycles. The largest absolute Gasteiger partial charge is 0.298 e. The van der Waals surface area contributed by atoms with Crippen LogP contribution in [0.2, 0.25) is 0 Å². The predicted molar refractivity (Wildman–Crippen MR) is 52.3 cm³/mol. The number of hydrogen-bond acceptors (Lipinski definition) is 1. The van der Waals surface area contributed by atoms with Crippen LogP contribution in [0, 0.1) is 16.7 Å². The van der Waals surface area contributed by atoms with E-state index in [1.54, 1.807) is 0 Å². The predicted octanol–water partition coefficient (Wildman–Crippen LogP) is 2.78. The third kappa shape index (κ3) is 0.688. The summed E-state index contributed by atoms with van der Waals surface area (Å²) in [6.45, 7) is 6.62. The summed E-state index contributed by atoms with van der Waals surface area (Å²) in [6.07, 6.45) is 2.30. The molecule has 2 heteroatoms. The molecule has 2 unspecified atom stereocenters. The van der Waals surface area contributed by atoms with Crippen LogP contribution in [0.5, 0.6) is 0 Å². The highest BCUT2D eigenvalue weighted by Crippen LogP contribution is 2.65. The zero-order valence-electron chi connectivity index (χ0n) is 7.86. The molecule has 1 nitrogen and oxygen atoms in total. The molecule has 2 rings (SSSR count). The Morgan fingerprint density at radius 3 is 2.25 bits per heavy atom. The van der Waals surface area contributed by atoms with Crippen molar-refractivity contribution in [1.82, 2.24) is 0 Å². The molecule has 0 saturated heterocycles. The van der Waals surface area contributed by atoms with E-state index < -0.39 is 0 Å². The van der Waals surface area contributed by atoms with Crippen molar-refractivity contribution < 1.29 is 4.79 Å². The fourth-order valence-electron chi connectivity index (χ4n) is 2.98. The SMILES string of the molecule is CC1(C)C2CC[C@]1(C)C(=O)C2Br. The molecule has 0 aliphatic heterocycles. The van der Waals surface area contributed by atoms with Crippen LogP contribution in [-0.2, 0) is 4.79 Å². The number of rotatable bonds is 0. The Balaban J connectivity index is 2.50. The van der Waals surface area contributed by atoms with Crippen molar-refractivity contribution in [2.24, 2.45) is 16.7 Å². The summed E-state index contributed by atoms with van der Waals surface area (Å²) in [5, 5.41) is 0. The highest BCUT2D eigenvalue weighted by molar-refractivity contribution is 9.10. The first-order valence-corrected chi connectivity index (χ1v) is 5.51. The van der Waals surface area contributed by atoms with E-state index in [0.717, 1.165) is 6.42 Å². The minimum absolute atomic E-state index is 0.0498. The van der Waals surface area contributed by atoms with Crippen LogP contribution in [-0.4, -0.2) is 10.6 Å². The third-order valence-corrected chi connectivity index (χ3v) is 5.51. The minimum atomic E-state index is -0.0498. The van der Waals surface area contributed by atoms with Gasteiger partial charge in [-0.25, -0.2) is 0 Å². The number of fused-ring (bicyclic) bond motifs is 2. The van der Waals surface area contributed by atoms with Crippen molar-refractivity contribution in [2.75, 3.05) is 0 Å². The van der Waals surface area contributed by atoms with E-state index in [-0.39, 0.29) is 15.7 Å². The number of halogens is 1. The molecule has 2 aliphatic carbocycles. The molecule has 0 spiro atoms. The van der Waals surface area contributed by atoms with E-state index in [0.29, 0.717) is 11.7 Å². The molecular weight excluding hydrogens is 216 g/mol. The summed E-state index contributed by atoms with van der Waals surface area (Å²) in [5.74, 6) is 0.999. The molecule has 2 bridgehead atoms. The Labute approximate surface area is 82.0 Å². The van der Waals surface area contributed by atoms with E-state index in [9.17, 15) is 4.79 Å². The van der Waals surface area contributed by atoms with Gasteiger partial charge in [-0.1, -0.05) is 36.7 Å². The van der Waals surface area contributed by atoms with Crippen molar-refractivity contribution in [3.05, 3.63) is 0 Å². The Morgan fingerprint density at radius 1 is 1.42 bits per heavy atom. The van der Waals surface area contributed by atoms with E-state index in [2.05, 4.69) is 36.7 Å². The zero-order valence-corrected chi connectivity index (χ0v) is 9.44. The first-order chi connectivity index (χ1) is 5.41. The lowest BCUT2D eigenvalue weighted by atomic mass is 9.70. The Morgan fingerprint density at radius 2 is 2.00 bits per heavy atom. The summed E-state index contributed by atoms with van der Waals surface area (Å²) in [4.78, 5) is 12.0. The molecule has 3 atom stereocenters. The summed E-state index contributed by atoms with van der Waals surface area (Å²) in [6, 6.07) is 0. The van der Waals surface area contributed by atoms with Crippen LogP contribution in [0.4, 0.5) is 0 Å². The summed E-state index contributed by atoms with van der Waals surface area (Å²) in [5.41, 5.74) is 0.157. The van der Waals surface area contributed by atoms with Crippen LogP contribution in [0.15, 0.2) is 0 Å². The molecular formula is C10H15BrO. The van der Waals surface area contributed by atoms with Gasteiger partial charge in [0.1, 0.15) is 0 Å². The van der Waals surface area contributed by atoms with E-state index in [1.807, 2.05) is 0 Å². The highest BCUT2D eigenvalue weighted by atomic mass is 79.9. The van der Waals surface area contributed by atoms with Crippen LogP contribution in [0.3, 0.4) is 0 Å². The molecule has 2 fully saturated rings. The van der Waals surface area contributed by atoms with Crippen LogP contribution in [0.1, 0.15) is 33.6 Å². The van der Waals surface area contributed by atoms with Crippen LogP contribution < -0.4 is 0 Å². The lowest BCUT2D eigenvalue weighted by molar-refractivity contribution is -0.127. The highest BCUT2D eigenvalue weighted by Gasteiger charge is 2.65. The number of Topliss-reactive ketones (excluding diaryl/α,β-unsaturated/α-hetero) is 1. The zero-order chi connectivity index (χ0) is 9.15. The lowest BCUT2D eigenvalue weighted by Crippen LogP contribution is -2.33. The van der Waals surface area contributed by atoms with Gasteiger partial charge in [-0.2, -0.15) is 0 Å². The fraction of sp³-hybridized carbons (Fsp3) is 0.900. The maximum Gasteiger partial charge on any atom is 0.153 e. The van der Waals surface area contributed by atoms with Gasteiger partial charge >= 0.3 is 0 Å². The van der Waals surface area contributed by atoms with Crippen LogP contribution >= 0.6 is 15.9 Å². The van der Waals surface area contributed by atoms with Gasteiger partial charge in [0.25, 0.3) is 0 Å². The van der Waals surface area contributed by atoms with Gasteiger partial charge in [-0.3, -0.25) is 4.79 Å². The summed E-state index contributed by atoms with van der Waals surface area (Å²) < 4.78 is 0.